The van der Waals surface area contributed by atoms with Crippen LogP contribution in [0.5, 0.6) is 0 Å². The summed E-state index contributed by atoms with van der Waals surface area (Å²) in [4.78, 5) is 5.85. The molecule has 134 valence electrons. The average Bonchev–Trinajstić information content (AvgIpc) is 3.21. The van der Waals surface area contributed by atoms with E-state index in [0.29, 0.717) is 21.6 Å². The summed E-state index contributed by atoms with van der Waals surface area (Å²) in [5, 5.41) is 17.3. The molecular formula is C17H15ClFN5OS. The van der Waals surface area contributed by atoms with Crippen molar-refractivity contribution in [1.82, 2.24) is 15.2 Å². The fourth-order valence-electron chi connectivity index (χ4n) is 3.10. The van der Waals surface area contributed by atoms with E-state index in [2.05, 4.69) is 15.2 Å². The van der Waals surface area contributed by atoms with Gasteiger partial charge < -0.3 is 15.7 Å². The van der Waals surface area contributed by atoms with E-state index >= 15 is 4.39 Å². The first-order valence-corrected chi connectivity index (χ1v) is 9.03. The van der Waals surface area contributed by atoms with Crippen LogP contribution in [0.1, 0.15) is 0 Å². The van der Waals surface area contributed by atoms with Gasteiger partial charge in [-0.05, 0) is 17.7 Å². The third kappa shape index (κ3) is 2.57. The standard InChI is InChI=1S/C17H15ClFN5OS/c1-24(4-5-25)16-14(19)13(18)12(9-7-21-23-15(9)16)8-2-3-10-11(6-8)26-17(20)22-10/h2-3,6-7,25H,4-5H2,1H3,(H2,20,22)(H,21,23). The molecule has 4 aromatic rings. The maximum Gasteiger partial charge on any atom is 0.181 e. The first-order chi connectivity index (χ1) is 12.5. The molecule has 0 saturated carbocycles. The summed E-state index contributed by atoms with van der Waals surface area (Å²) in [6.45, 7) is 0.168. The highest BCUT2D eigenvalue weighted by molar-refractivity contribution is 7.22. The van der Waals surface area contributed by atoms with Crippen molar-refractivity contribution in [3.63, 3.8) is 0 Å². The van der Waals surface area contributed by atoms with E-state index in [-0.39, 0.29) is 23.9 Å². The Labute approximate surface area is 157 Å². The van der Waals surface area contributed by atoms with Crippen LogP contribution >= 0.6 is 22.9 Å². The molecule has 0 bridgehead atoms. The van der Waals surface area contributed by atoms with E-state index in [4.69, 9.17) is 17.3 Å². The summed E-state index contributed by atoms with van der Waals surface area (Å²) in [7, 11) is 1.69. The lowest BCUT2D eigenvalue weighted by Gasteiger charge is -2.21. The number of nitrogens with one attached hydrogen (secondary N) is 1. The minimum Gasteiger partial charge on any atom is -0.395 e. The second kappa shape index (κ2) is 6.39. The maximum atomic E-state index is 15.1. The number of aromatic amines is 1. The molecule has 4 rings (SSSR count). The van der Waals surface area contributed by atoms with Crippen molar-refractivity contribution in [3.05, 3.63) is 35.2 Å². The van der Waals surface area contributed by atoms with Gasteiger partial charge in [0, 0.05) is 24.5 Å². The van der Waals surface area contributed by atoms with Crippen molar-refractivity contribution < 1.29 is 9.50 Å². The van der Waals surface area contributed by atoms with Crippen LogP contribution < -0.4 is 10.6 Å². The lowest BCUT2D eigenvalue weighted by atomic mass is 10.00. The number of hydrogen-bond acceptors (Lipinski definition) is 6. The molecule has 2 aromatic carbocycles. The molecule has 0 amide bonds. The SMILES string of the molecule is CN(CCO)c1c(F)c(Cl)c(-c2ccc3nc(N)sc3c2)c2cn[nH]c12. The van der Waals surface area contributed by atoms with E-state index in [9.17, 15) is 5.11 Å². The third-order valence-corrected chi connectivity index (χ3v) is 5.48. The molecule has 0 atom stereocenters. The minimum absolute atomic E-state index is 0.00975. The molecule has 26 heavy (non-hydrogen) atoms. The molecule has 0 spiro atoms. The predicted molar refractivity (Wildman–Crippen MR) is 104 cm³/mol. The highest BCUT2D eigenvalue weighted by atomic mass is 35.5. The Hall–Kier alpha value is -2.42. The van der Waals surface area contributed by atoms with Crippen LogP contribution in [0.15, 0.2) is 24.4 Å². The average molecular weight is 392 g/mol. The molecule has 0 saturated heterocycles. The number of fused-ring (bicyclic) bond motifs is 2. The lowest BCUT2D eigenvalue weighted by Crippen LogP contribution is -2.22. The van der Waals surface area contributed by atoms with E-state index < -0.39 is 5.82 Å². The van der Waals surface area contributed by atoms with Gasteiger partial charge in [-0.2, -0.15) is 5.10 Å². The summed E-state index contributed by atoms with van der Waals surface area (Å²) < 4.78 is 16.0. The molecule has 0 aliphatic carbocycles. The number of nitrogens with zero attached hydrogens (tertiary/aromatic N) is 3. The number of anilines is 2. The van der Waals surface area contributed by atoms with Gasteiger partial charge in [0.25, 0.3) is 0 Å². The molecule has 4 N–H and O–H groups in total. The van der Waals surface area contributed by atoms with Crippen LogP contribution in [0.25, 0.3) is 32.2 Å². The topological polar surface area (TPSA) is 91.1 Å². The van der Waals surface area contributed by atoms with E-state index in [1.165, 1.54) is 11.3 Å². The Morgan fingerprint density at radius 3 is 3.00 bits per heavy atom. The zero-order valence-corrected chi connectivity index (χ0v) is 15.3. The van der Waals surface area contributed by atoms with Gasteiger partial charge in [-0.25, -0.2) is 9.37 Å². The number of rotatable bonds is 4. The number of nitrogens with two attached hydrogens (primary N) is 1. The van der Waals surface area contributed by atoms with Crippen molar-refractivity contribution in [2.75, 3.05) is 30.8 Å². The zero-order valence-electron chi connectivity index (χ0n) is 13.8. The Bertz CT molecular complexity index is 1130. The van der Waals surface area contributed by atoms with Gasteiger partial charge in [-0.15, -0.1) is 0 Å². The number of halogens is 2. The molecule has 6 nitrogen and oxygen atoms in total. The van der Waals surface area contributed by atoms with Crippen molar-refractivity contribution in [1.29, 1.82) is 0 Å². The quantitative estimate of drug-likeness (QED) is 0.494. The van der Waals surface area contributed by atoms with Crippen LogP contribution in [-0.2, 0) is 0 Å². The number of likely N-dealkylation sites (N-methyl/N-ethyl adjacent to an activating group) is 1. The van der Waals surface area contributed by atoms with E-state index in [1.807, 2.05) is 18.2 Å². The van der Waals surface area contributed by atoms with Crippen LogP contribution in [-0.4, -0.2) is 40.5 Å². The van der Waals surface area contributed by atoms with Gasteiger partial charge in [0.05, 0.1) is 33.6 Å². The van der Waals surface area contributed by atoms with Crippen molar-refractivity contribution in [3.8, 4) is 11.1 Å². The lowest BCUT2D eigenvalue weighted by molar-refractivity contribution is 0.304. The number of thiazole rings is 1. The molecule has 0 unspecified atom stereocenters. The number of H-pyrrole nitrogens is 1. The number of aromatic nitrogens is 3. The first-order valence-electron chi connectivity index (χ1n) is 7.83. The van der Waals surface area contributed by atoms with Gasteiger partial charge >= 0.3 is 0 Å². The van der Waals surface area contributed by atoms with E-state index in [1.54, 1.807) is 18.1 Å². The van der Waals surface area contributed by atoms with Gasteiger partial charge in [0.2, 0.25) is 0 Å². The van der Waals surface area contributed by atoms with Crippen LogP contribution in [0, 0.1) is 5.82 Å². The van der Waals surface area contributed by atoms with Gasteiger partial charge in [0.15, 0.2) is 10.9 Å². The monoisotopic (exact) mass is 391 g/mol. The molecule has 2 aromatic heterocycles. The Morgan fingerprint density at radius 2 is 2.23 bits per heavy atom. The number of aliphatic hydroxyl groups excluding tert-OH is 1. The molecule has 0 aliphatic rings. The second-order valence-corrected chi connectivity index (χ2v) is 7.33. The Balaban J connectivity index is 1.99. The molecule has 0 radical (unpaired) electrons. The maximum absolute atomic E-state index is 15.1. The molecule has 2 heterocycles. The number of hydrogen-bond donors (Lipinski definition) is 3. The molecule has 0 fully saturated rings. The van der Waals surface area contributed by atoms with E-state index in [0.717, 1.165) is 15.8 Å². The van der Waals surface area contributed by atoms with Crippen molar-refractivity contribution >= 4 is 54.9 Å². The normalized spacial score (nSPS) is 11.5. The fourth-order valence-corrected chi connectivity index (χ4v) is 4.17. The molecule has 0 aliphatic heterocycles. The summed E-state index contributed by atoms with van der Waals surface area (Å²) in [5.74, 6) is -0.557. The highest BCUT2D eigenvalue weighted by Crippen LogP contribution is 2.43. The fraction of sp³-hybridized carbons (Fsp3) is 0.176. The Morgan fingerprint density at radius 1 is 1.42 bits per heavy atom. The summed E-state index contributed by atoms with van der Waals surface area (Å²) in [5.41, 5.74) is 8.68. The number of aliphatic hydroxyl groups is 1. The highest BCUT2D eigenvalue weighted by Gasteiger charge is 2.23. The largest absolute Gasteiger partial charge is 0.395 e. The summed E-state index contributed by atoms with van der Waals surface area (Å²) in [6.07, 6.45) is 1.62. The minimum atomic E-state index is -0.557. The van der Waals surface area contributed by atoms with Crippen molar-refractivity contribution in [2.45, 2.75) is 0 Å². The zero-order chi connectivity index (χ0) is 18.4. The molecular weight excluding hydrogens is 377 g/mol. The second-order valence-electron chi connectivity index (χ2n) is 5.89. The van der Waals surface area contributed by atoms with Crippen LogP contribution in [0.4, 0.5) is 15.2 Å². The number of nitrogen functional groups attached to an aromatic ring is 1. The van der Waals surface area contributed by atoms with Gasteiger partial charge in [-0.1, -0.05) is 29.0 Å². The molecule has 9 heteroatoms. The predicted octanol–water partition coefficient (Wildman–Crippen LogP) is 3.64. The summed E-state index contributed by atoms with van der Waals surface area (Å²) >= 11 is 7.79. The van der Waals surface area contributed by atoms with Gasteiger partial charge in [-0.3, -0.25) is 5.10 Å². The first kappa shape index (κ1) is 17.0. The van der Waals surface area contributed by atoms with Gasteiger partial charge in [0.1, 0.15) is 5.69 Å². The third-order valence-electron chi connectivity index (χ3n) is 4.28. The summed E-state index contributed by atoms with van der Waals surface area (Å²) in [6, 6.07) is 5.57. The smallest absolute Gasteiger partial charge is 0.181 e. The van der Waals surface area contributed by atoms with Crippen molar-refractivity contribution in [2.24, 2.45) is 0 Å². The number of benzene rings is 2. The van der Waals surface area contributed by atoms with Crippen LogP contribution in [0.3, 0.4) is 0 Å². The Kier molecular flexibility index (Phi) is 4.18. The van der Waals surface area contributed by atoms with Crippen LogP contribution in [0.2, 0.25) is 5.02 Å².